The number of phenols is 1. The van der Waals surface area contributed by atoms with E-state index in [9.17, 15) is 20.1 Å². The van der Waals surface area contributed by atoms with E-state index in [4.69, 9.17) is 0 Å². The van der Waals surface area contributed by atoms with Crippen LogP contribution in [0.25, 0.3) is 11.1 Å². The van der Waals surface area contributed by atoms with Gasteiger partial charge in [-0.15, -0.1) is 10.2 Å². The van der Waals surface area contributed by atoms with Crippen LogP contribution >= 0.6 is 0 Å². The molecule has 160 valence electrons. The number of rotatable bonds is 5. The Morgan fingerprint density at radius 3 is 2.55 bits per heavy atom. The van der Waals surface area contributed by atoms with E-state index in [1.165, 1.54) is 18.6 Å². The summed E-state index contributed by atoms with van der Waals surface area (Å²) in [4.78, 5) is 11.2. The molecule has 8 nitrogen and oxygen atoms in total. The van der Waals surface area contributed by atoms with Gasteiger partial charge in [-0.25, -0.2) is 9.48 Å². The Morgan fingerprint density at radius 1 is 1.06 bits per heavy atom. The van der Waals surface area contributed by atoms with Crippen LogP contribution in [0.4, 0.5) is 11.4 Å². The molecule has 2 aromatic carbocycles. The fraction of sp³-hybridized carbons (Fsp3) is 0.304. The third kappa shape index (κ3) is 4.14. The minimum absolute atomic E-state index is 0.0158. The highest BCUT2D eigenvalue weighted by Crippen LogP contribution is 2.41. The van der Waals surface area contributed by atoms with Crippen molar-refractivity contribution in [3.8, 4) is 22.8 Å². The third-order valence-electron chi connectivity index (χ3n) is 5.64. The van der Waals surface area contributed by atoms with Crippen LogP contribution in [-0.2, 0) is 0 Å². The molecule has 1 saturated carbocycles. The van der Waals surface area contributed by atoms with Crippen LogP contribution in [-0.4, -0.2) is 31.1 Å². The smallest absolute Gasteiger partial charge is 0.335 e. The first-order chi connectivity index (χ1) is 15.0. The standard InChI is InChI=1S/C23H24N4O4/c1-14-20(22(29)27(26-14)17-9-3-2-4-10-17)25-24-19-12-6-11-18(21(19)28)15-7-5-8-16(13-15)23(30)31/h5-8,11-13,17,28-29H,2-4,9-10H2,1H3,(H,30,31). The molecule has 0 unspecified atom stereocenters. The molecule has 3 aromatic rings. The lowest BCUT2D eigenvalue weighted by Gasteiger charge is -2.22. The van der Waals surface area contributed by atoms with Gasteiger partial charge in [-0.05, 0) is 43.5 Å². The molecule has 31 heavy (non-hydrogen) atoms. The van der Waals surface area contributed by atoms with Gasteiger partial charge in [0.05, 0.1) is 17.3 Å². The van der Waals surface area contributed by atoms with E-state index >= 15 is 0 Å². The number of aromatic hydroxyl groups is 2. The molecular weight excluding hydrogens is 396 g/mol. The second-order valence-corrected chi connectivity index (χ2v) is 7.75. The maximum atomic E-state index is 11.2. The predicted octanol–water partition coefficient (Wildman–Crippen LogP) is 5.89. The monoisotopic (exact) mass is 420 g/mol. The fourth-order valence-electron chi connectivity index (χ4n) is 3.99. The highest BCUT2D eigenvalue weighted by Gasteiger charge is 2.23. The van der Waals surface area contributed by atoms with Gasteiger partial charge in [0.15, 0.2) is 11.4 Å². The van der Waals surface area contributed by atoms with E-state index in [-0.39, 0.29) is 34.6 Å². The molecule has 0 aliphatic heterocycles. The van der Waals surface area contributed by atoms with Crippen LogP contribution in [0.3, 0.4) is 0 Å². The molecule has 0 bridgehead atoms. The van der Waals surface area contributed by atoms with Crippen molar-refractivity contribution < 1.29 is 20.1 Å². The fourth-order valence-corrected chi connectivity index (χ4v) is 3.99. The maximum absolute atomic E-state index is 11.2. The molecule has 1 aliphatic rings. The maximum Gasteiger partial charge on any atom is 0.335 e. The van der Waals surface area contributed by atoms with Crippen molar-refractivity contribution in [3.63, 3.8) is 0 Å². The molecular formula is C23H24N4O4. The van der Waals surface area contributed by atoms with E-state index in [0.717, 1.165) is 25.7 Å². The third-order valence-corrected chi connectivity index (χ3v) is 5.64. The van der Waals surface area contributed by atoms with Crippen LogP contribution < -0.4 is 0 Å². The summed E-state index contributed by atoms with van der Waals surface area (Å²) in [5.41, 5.74) is 2.18. The van der Waals surface area contributed by atoms with Crippen LogP contribution in [0, 0.1) is 6.92 Å². The molecule has 4 rings (SSSR count). The number of carboxylic acids is 1. The Kier molecular flexibility index (Phi) is 5.70. The second-order valence-electron chi connectivity index (χ2n) is 7.75. The Hall–Kier alpha value is -3.68. The summed E-state index contributed by atoms with van der Waals surface area (Å²) >= 11 is 0. The van der Waals surface area contributed by atoms with E-state index in [1.54, 1.807) is 41.9 Å². The van der Waals surface area contributed by atoms with Crippen LogP contribution in [0.1, 0.15) is 54.2 Å². The van der Waals surface area contributed by atoms with Gasteiger partial charge in [0.2, 0.25) is 5.88 Å². The van der Waals surface area contributed by atoms with E-state index in [1.807, 2.05) is 0 Å². The predicted molar refractivity (Wildman–Crippen MR) is 115 cm³/mol. The number of benzene rings is 2. The van der Waals surface area contributed by atoms with Crippen molar-refractivity contribution in [1.29, 1.82) is 0 Å². The number of carboxylic acid groups (broad SMARTS) is 1. The first kappa shape index (κ1) is 20.6. The zero-order valence-electron chi connectivity index (χ0n) is 17.2. The van der Waals surface area contributed by atoms with Gasteiger partial charge in [0.1, 0.15) is 5.69 Å². The first-order valence-electron chi connectivity index (χ1n) is 10.3. The van der Waals surface area contributed by atoms with Crippen molar-refractivity contribution in [2.75, 3.05) is 0 Å². The van der Waals surface area contributed by atoms with Crippen molar-refractivity contribution >= 4 is 17.3 Å². The molecule has 1 fully saturated rings. The summed E-state index contributed by atoms with van der Waals surface area (Å²) < 4.78 is 1.64. The molecule has 0 atom stereocenters. The number of aromatic carboxylic acids is 1. The molecule has 3 N–H and O–H groups in total. The Bertz CT molecular complexity index is 1150. The summed E-state index contributed by atoms with van der Waals surface area (Å²) in [6, 6.07) is 11.5. The van der Waals surface area contributed by atoms with Crippen molar-refractivity contribution in [3.05, 3.63) is 53.7 Å². The van der Waals surface area contributed by atoms with Crippen molar-refractivity contribution in [2.24, 2.45) is 10.2 Å². The van der Waals surface area contributed by atoms with Gasteiger partial charge in [-0.2, -0.15) is 5.10 Å². The Balaban J connectivity index is 1.65. The van der Waals surface area contributed by atoms with E-state index in [0.29, 0.717) is 16.8 Å². The van der Waals surface area contributed by atoms with Gasteiger partial charge in [-0.1, -0.05) is 43.5 Å². The summed E-state index contributed by atoms with van der Waals surface area (Å²) in [5, 5.41) is 43.3. The van der Waals surface area contributed by atoms with Crippen LogP contribution in [0.5, 0.6) is 11.6 Å². The minimum atomic E-state index is -1.04. The highest BCUT2D eigenvalue weighted by molar-refractivity contribution is 5.90. The Morgan fingerprint density at radius 2 is 1.81 bits per heavy atom. The largest absolute Gasteiger partial charge is 0.505 e. The molecule has 0 radical (unpaired) electrons. The lowest BCUT2D eigenvalue weighted by atomic mass is 9.96. The summed E-state index contributed by atoms with van der Waals surface area (Å²) in [5.74, 6) is -1.18. The average Bonchev–Trinajstić information content (AvgIpc) is 3.07. The first-order valence-corrected chi connectivity index (χ1v) is 10.3. The van der Waals surface area contributed by atoms with Crippen LogP contribution in [0.15, 0.2) is 52.7 Å². The lowest BCUT2D eigenvalue weighted by Crippen LogP contribution is -2.13. The molecule has 1 aliphatic carbocycles. The second kappa shape index (κ2) is 8.59. The number of para-hydroxylation sites is 1. The number of phenolic OH excluding ortho intramolecular Hbond substituents is 1. The highest BCUT2D eigenvalue weighted by atomic mass is 16.4. The topological polar surface area (TPSA) is 120 Å². The van der Waals surface area contributed by atoms with Crippen molar-refractivity contribution in [1.82, 2.24) is 9.78 Å². The molecule has 8 heteroatoms. The number of azo groups is 1. The van der Waals surface area contributed by atoms with Gasteiger partial charge in [0.25, 0.3) is 0 Å². The van der Waals surface area contributed by atoms with E-state index in [2.05, 4.69) is 15.3 Å². The quantitative estimate of drug-likeness (QED) is 0.445. The van der Waals surface area contributed by atoms with Gasteiger partial charge >= 0.3 is 5.97 Å². The average molecular weight is 420 g/mol. The number of hydrogen-bond donors (Lipinski definition) is 3. The molecule has 0 saturated heterocycles. The van der Waals surface area contributed by atoms with Crippen LogP contribution in [0.2, 0.25) is 0 Å². The summed E-state index contributed by atoms with van der Waals surface area (Å²) in [6.45, 7) is 1.76. The van der Waals surface area contributed by atoms with Gasteiger partial charge in [-0.3, -0.25) is 0 Å². The van der Waals surface area contributed by atoms with Gasteiger partial charge < -0.3 is 15.3 Å². The normalized spacial score (nSPS) is 14.9. The Labute approximate surface area is 179 Å². The number of hydrogen-bond acceptors (Lipinski definition) is 6. The SMILES string of the molecule is Cc1nn(C2CCCCC2)c(O)c1N=Nc1cccc(-c2cccc(C(=O)O)c2)c1O. The molecule has 1 aromatic heterocycles. The number of aryl methyl sites for hydroxylation is 1. The number of nitrogens with zero attached hydrogens (tertiary/aromatic N) is 4. The molecule has 0 spiro atoms. The zero-order chi connectivity index (χ0) is 22.0. The number of carbonyl (C=O) groups is 1. The molecule has 1 heterocycles. The van der Waals surface area contributed by atoms with E-state index < -0.39 is 5.97 Å². The summed E-state index contributed by atoms with van der Waals surface area (Å²) in [6.07, 6.45) is 5.38. The van der Waals surface area contributed by atoms with Gasteiger partial charge in [0, 0.05) is 5.56 Å². The minimum Gasteiger partial charge on any atom is -0.505 e. The zero-order valence-corrected chi connectivity index (χ0v) is 17.2. The molecule has 0 amide bonds. The lowest BCUT2D eigenvalue weighted by molar-refractivity contribution is 0.0697. The summed E-state index contributed by atoms with van der Waals surface area (Å²) in [7, 11) is 0. The van der Waals surface area contributed by atoms with Crippen molar-refractivity contribution in [2.45, 2.75) is 45.1 Å². The number of aromatic nitrogens is 2.